The molecule has 5 heteroatoms. The van der Waals surface area contributed by atoms with E-state index in [2.05, 4.69) is 10.6 Å². The van der Waals surface area contributed by atoms with Crippen molar-refractivity contribution in [3.8, 4) is 0 Å². The largest absolute Gasteiger partial charge is 0.481 e. The van der Waals surface area contributed by atoms with Crippen LogP contribution >= 0.6 is 0 Å². The summed E-state index contributed by atoms with van der Waals surface area (Å²) in [5.41, 5.74) is -0.465. The van der Waals surface area contributed by atoms with Gasteiger partial charge in [-0.3, -0.25) is 9.59 Å². The van der Waals surface area contributed by atoms with Gasteiger partial charge in [-0.2, -0.15) is 0 Å². The van der Waals surface area contributed by atoms with Gasteiger partial charge in [0.1, 0.15) is 0 Å². The fraction of sp³-hybridized carbons (Fsp3) is 0.818. The molecule has 5 nitrogen and oxygen atoms in total. The Morgan fingerprint density at radius 3 is 2.56 bits per heavy atom. The molecule has 90 valence electrons. The molecule has 0 aromatic rings. The van der Waals surface area contributed by atoms with Crippen molar-refractivity contribution in [2.24, 2.45) is 0 Å². The number of rotatable bonds is 4. The molecular formula is C11H18N2O3. The zero-order valence-corrected chi connectivity index (χ0v) is 9.29. The van der Waals surface area contributed by atoms with Gasteiger partial charge >= 0.3 is 5.97 Å². The lowest BCUT2D eigenvalue weighted by molar-refractivity contribution is -0.140. The van der Waals surface area contributed by atoms with Gasteiger partial charge in [-0.25, -0.2) is 0 Å². The third-order valence-electron chi connectivity index (χ3n) is 3.57. The molecule has 2 aliphatic rings. The van der Waals surface area contributed by atoms with E-state index in [0.717, 1.165) is 38.6 Å². The lowest BCUT2D eigenvalue weighted by Gasteiger charge is -2.42. The van der Waals surface area contributed by atoms with Crippen LogP contribution in [0.5, 0.6) is 0 Å². The predicted molar refractivity (Wildman–Crippen MR) is 58.0 cm³/mol. The quantitative estimate of drug-likeness (QED) is 0.642. The first-order valence-corrected chi connectivity index (χ1v) is 5.89. The molecule has 1 atom stereocenters. The number of carboxylic acids is 1. The Hall–Kier alpha value is -1.10. The van der Waals surface area contributed by atoms with Crippen molar-refractivity contribution >= 4 is 11.9 Å². The van der Waals surface area contributed by atoms with E-state index in [1.54, 1.807) is 0 Å². The van der Waals surface area contributed by atoms with Crippen molar-refractivity contribution < 1.29 is 14.7 Å². The Bertz CT molecular complexity index is 294. The average Bonchev–Trinajstić information content (AvgIpc) is 2.66. The van der Waals surface area contributed by atoms with Crippen molar-refractivity contribution in [2.45, 2.75) is 50.1 Å². The highest BCUT2D eigenvalue weighted by molar-refractivity contribution is 5.83. The topological polar surface area (TPSA) is 78.4 Å². The van der Waals surface area contributed by atoms with Gasteiger partial charge < -0.3 is 15.7 Å². The Labute approximate surface area is 94.6 Å². The van der Waals surface area contributed by atoms with Crippen molar-refractivity contribution in [3.63, 3.8) is 0 Å². The lowest BCUT2D eigenvalue weighted by atomic mass is 9.74. The molecule has 1 saturated heterocycles. The van der Waals surface area contributed by atoms with E-state index < -0.39 is 11.5 Å². The van der Waals surface area contributed by atoms with E-state index in [0.29, 0.717) is 0 Å². The molecule has 1 saturated carbocycles. The van der Waals surface area contributed by atoms with Crippen molar-refractivity contribution in [2.75, 3.05) is 6.54 Å². The predicted octanol–water partition coefficient (Wildman–Crippen LogP) is 0.252. The van der Waals surface area contributed by atoms with Crippen molar-refractivity contribution in [3.05, 3.63) is 0 Å². The minimum atomic E-state index is -0.834. The van der Waals surface area contributed by atoms with Crippen LogP contribution in [0.1, 0.15) is 38.5 Å². The van der Waals surface area contributed by atoms with Crippen molar-refractivity contribution in [1.82, 2.24) is 10.6 Å². The number of aliphatic carboxylic acids is 1. The highest BCUT2D eigenvalue weighted by Crippen LogP contribution is 2.35. The van der Waals surface area contributed by atoms with Gasteiger partial charge in [-0.05, 0) is 38.6 Å². The standard InChI is InChI=1S/C11H18N2O3/c14-9(15)7-11(4-2-5-11)13-10(16)8-3-1-6-12-8/h8,12H,1-7H2,(H,13,16)(H,14,15)/t8-/m0/s1. The summed E-state index contributed by atoms with van der Waals surface area (Å²) >= 11 is 0. The fourth-order valence-electron chi connectivity index (χ4n) is 2.50. The highest BCUT2D eigenvalue weighted by atomic mass is 16.4. The third-order valence-corrected chi connectivity index (χ3v) is 3.57. The van der Waals surface area contributed by atoms with E-state index in [4.69, 9.17) is 5.11 Å². The van der Waals surface area contributed by atoms with Gasteiger partial charge in [0.15, 0.2) is 0 Å². The van der Waals surface area contributed by atoms with Crippen LogP contribution in [0, 0.1) is 0 Å². The molecule has 16 heavy (non-hydrogen) atoms. The van der Waals surface area contributed by atoms with Gasteiger partial charge in [-0.15, -0.1) is 0 Å². The molecule has 2 rings (SSSR count). The maximum Gasteiger partial charge on any atom is 0.305 e. The summed E-state index contributed by atoms with van der Waals surface area (Å²) in [5, 5.41) is 14.9. The number of hydrogen-bond donors (Lipinski definition) is 3. The van der Waals surface area contributed by atoms with Crippen LogP contribution in [0.15, 0.2) is 0 Å². The minimum absolute atomic E-state index is 0.0292. The molecule has 0 unspecified atom stereocenters. The summed E-state index contributed by atoms with van der Waals surface area (Å²) in [6, 6.07) is -0.119. The molecule has 0 radical (unpaired) electrons. The average molecular weight is 226 g/mol. The first-order chi connectivity index (χ1) is 7.61. The first-order valence-electron chi connectivity index (χ1n) is 5.89. The summed E-state index contributed by atoms with van der Waals surface area (Å²) in [7, 11) is 0. The minimum Gasteiger partial charge on any atom is -0.481 e. The Balaban J connectivity index is 1.90. The Kier molecular flexibility index (Phi) is 3.14. The third kappa shape index (κ3) is 2.35. The Morgan fingerprint density at radius 2 is 2.12 bits per heavy atom. The molecule has 3 N–H and O–H groups in total. The summed E-state index contributed by atoms with van der Waals surface area (Å²) < 4.78 is 0. The van der Waals surface area contributed by atoms with Crippen molar-refractivity contribution in [1.29, 1.82) is 0 Å². The zero-order chi connectivity index (χ0) is 11.6. The highest BCUT2D eigenvalue weighted by Gasteiger charge is 2.41. The van der Waals surface area contributed by atoms with Crippen LogP contribution < -0.4 is 10.6 Å². The number of amides is 1. The van der Waals surface area contributed by atoms with Crippen LogP contribution in [0.3, 0.4) is 0 Å². The van der Waals surface area contributed by atoms with E-state index in [1.807, 2.05) is 0 Å². The van der Waals surface area contributed by atoms with Gasteiger partial charge in [-0.1, -0.05) is 0 Å². The van der Waals surface area contributed by atoms with Crippen LogP contribution in [0.25, 0.3) is 0 Å². The molecular weight excluding hydrogens is 208 g/mol. The van der Waals surface area contributed by atoms with Gasteiger partial charge in [0, 0.05) is 0 Å². The molecule has 1 amide bonds. The summed E-state index contributed by atoms with van der Waals surface area (Å²) in [6.07, 6.45) is 4.51. The summed E-state index contributed by atoms with van der Waals surface area (Å²) in [4.78, 5) is 22.6. The number of carboxylic acid groups (broad SMARTS) is 1. The number of carbonyl (C=O) groups excluding carboxylic acids is 1. The lowest BCUT2D eigenvalue weighted by Crippen LogP contribution is -2.58. The normalized spacial score (nSPS) is 27.1. The van der Waals surface area contributed by atoms with E-state index in [9.17, 15) is 9.59 Å². The summed E-state index contributed by atoms with van der Waals surface area (Å²) in [5.74, 6) is -0.863. The van der Waals surface area contributed by atoms with Crippen LogP contribution in [0.2, 0.25) is 0 Å². The number of hydrogen-bond acceptors (Lipinski definition) is 3. The molecule has 1 aliphatic heterocycles. The number of carbonyl (C=O) groups is 2. The molecule has 0 aromatic carbocycles. The van der Waals surface area contributed by atoms with Gasteiger partial charge in [0.05, 0.1) is 18.0 Å². The van der Waals surface area contributed by atoms with Crippen LogP contribution in [-0.2, 0) is 9.59 Å². The second-order valence-corrected chi connectivity index (χ2v) is 4.84. The summed E-state index contributed by atoms with van der Waals surface area (Å²) in [6.45, 7) is 0.879. The number of nitrogens with one attached hydrogen (secondary N) is 2. The maximum absolute atomic E-state index is 11.9. The van der Waals surface area contributed by atoms with E-state index >= 15 is 0 Å². The maximum atomic E-state index is 11.9. The van der Waals surface area contributed by atoms with Gasteiger partial charge in [0.2, 0.25) is 5.91 Å². The zero-order valence-electron chi connectivity index (χ0n) is 9.29. The van der Waals surface area contributed by atoms with Crippen LogP contribution in [-0.4, -0.2) is 35.1 Å². The monoisotopic (exact) mass is 226 g/mol. The smallest absolute Gasteiger partial charge is 0.305 e. The molecule has 1 aliphatic carbocycles. The van der Waals surface area contributed by atoms with Crippen LogP contribution in [0.4, 0.5) is 0 Å². The van der Waals surface area contributed by atoms with E-state index in [1.165, 1.54) is 0 Å². The fourth-order valence-corrected chi connectivity index (χ4v) is 2.50. The second kappa shape index (κ2) is 4.41. The molecule has 2 fully saturated rings. The molecule has 0 bridgehead atoms. The second-order valence-electron chi connectivity index (χ2n) is 4.84. The SMILES string of the molecule is O=C(O)CC1(NC(=O)[C@@H]2CCCN2)CCC1. The van der Waals surface area contributed by atoms with Gasteiger partial charge in [0.25, 0.3) is 0 Å². The molecule has 0 aromatic heterocycles. The first kappa shape index (κ1) is 11.4. The van der Waals surface area contributed by atoms with E-state index in [-0.39, 0.29) is 18.4 Å². The Morgan fingerprint density at radius 1 is 1.38 bits per heavy atom. The molecule has 1 heterocycles. The molecule has 0 spiro atoms.